The number of hydrogen-bond donors (Lipinski definition) is 1. The van der Waals surface area contributed by atoms with E-state index in [-0.39, 0.29) is 11.6 Å². The van der Waals surface area contributed by atoms with E-state index in [0.29, 0.717) is 17.7 Å². The second-order valence-corrected chi connectivity index (χ2v) is 4.48. The van der Waals surface area contributed by atoms with Crippen molar-refractivity contribution >= 4 is 0 Å². The molecule has 0 amide bonds. The van der Waals surface area contributed by atoms with Crippen molar-refractivity contribution in [1.82, 2.24) is 0 Å². The predicted molar refractivity (Wildman–Crippen MR) is 72.9 cm³/mol. The summed E-state index contributed by atoms with van der Waals surface area (Å²) in [5, 5.41) is 9.69. The lowest BCUT2D eigenvalue weighted by Crippen LogP contribution is -1.95. The lowest BCUT2D eigenvalue weighted by molar-refractivity contribution is 0.173. The Kier molecular flexibility index (Phi) is 4.17. The molecule has 0 saturated heterocycles. The number of halogens is 1. The van der Waals surface area contributed by atoms with Crippen LogP contribution in [0.1, 0.15) is 30.6 Å². The summed E-state index contributed by atoms with van der Waals surface area (Å²) < 4.78 is 19.3. The first-order valence-corrected chi connectivity index (χ1v) is 6.32. The number of aryl methyl sites for hydroxylation is 1. The number of ether oxygens (including phenoxy) is 1. The number of rotatable bonds is 4. The molecule has 0 unspecified atom stereocenters. The minimum absolute atomic E-state index is 0.212. The predicted octanol–water partition coefficient (Wildman–Crippen LogP) is 4.37. The highest BCUT2D eigenvalue weighted by molar-refractivity contribution is 5.36. The van der Waals surface area contributed by atoms with E-state index in [0.717, 1.165) is 5.56 Å². The van der Waals surface area contributed by atoms with Crippen molar-refractivity contribution < 1.29 is 14.2 Å². The van der Waals surface area contributed by atoms with E-state index in [4.69, 9.17) is 4.74 Å². The van der Waals surface area contributed by atoms with E-state index in [2.05, 4.69) is 0 Å². The Balaban J connectivity index is 2.18. The van der Waals surface area contributed by atoms with Crippen LogP contribution in [0.3, 0.4) is 0 Å². The van der Waals surface area contributed by atoms with Crippen LogP contribution in [0.4, 0.5) is 4.39 Å². The molecule has 2 rings (SSSR count). The van der Waals surface area contributed by atoms with Crippen molar-refractivity contribution in [3.05, 3.63) is 59.4 Å². The molecule has 1 atom stereocenters. The van der Waals surface area contributed by atoms with Gasteiger partial charge in [-0.1, -0.05) is 31.2 Å². The highest BCUT2D eigenvalue weighted by Crippen LogP contribution is 2.27. The maximum Gasteiger partial charge on any atom is 0.168 e. The van der Waals surface area contributed by atoms with Gasteiger partial charge in [-0.05, 0) is 42.7 Å². The summed E-state index contributed by atoms with van der Waals surface area (Å²) in [5.41, 5.74) is 1.38. The molecule has 2 aromatic rings. The smallest absolute Gasteiger partial charge is 0.168 e. The van der Waals surface area contributed by atoms with E-state index in [1.807, 2.05) is 6.92 Å². The topological polar surface area (TPSA) is 29.5 Å². The summed E-state index contributed by atoms with van der Waals surface area (Å²) in [6.07, 6.45) is 0.192. The van der Waals surface area contributed by atoms with Crippen LogP contribution in [-0.4, -0.2) is 5.11 Å². The van der Waals surface area contributed by atoms with E-state index in [1.165, 1.54) is 0 Å². The molecule has 2 nitrogen and oxygen atoms in total. The van der Waals surface area contributed by atoms with Crippen molar-refractivity contribution in [2.75, 3.05) is 0 Å². The maximum atomic E-state index is 13.8. The van der Waals surface area contributed by atoms with Gasteiger partial charge in [-0.15, -0.1) is 0 Å². The van der Waals surface area contributed by atoms with Crippen molar-refractivity contribution in [3.63, 3.8) is 0 Å². The fraction of sp³-hybridized carbons (Fsp3) is 0.250. The molecule has 2 aromatic carbocycles. The second-order valence-electron chi connectivity index (χ2n) is 4.48. The molecule has 0 radical (unpaired) electrons. The van der Waals surface area contributed by atoms with Gasteiger partial charge >= 0.3 is 0 Å². The summed E-state index contributed by atoms with van der Waals surface area (Å²) in [5.74, 6) is 0.417. The van der Waals surface area contributed by atoms with Gasteiger partial charge in [-0.2, -0.15) is 0 Å². The maximum absolute atomic E-state index is 13.8. The first-order chi connectivity index (χ1) is 9.11. The van der Waals surface area contributed by atoms with E-state index < -0.39 is 6.10 Å². The Hall–Kier alpha value is -1.87. The van der Waals surface area contributed by atoms with Crippen LogP contribution in [0.5, 0.6) is 11.5 Å². The Morgan fingerprint density at radius 1 is 1.16 bits per heavy atom. The van der Waals surface area contributed by atoms with Crippen LogP contribution in [0.15, 0.2) is 42.5 Å². The highest BCUT2D eigenvalue weighted by atomic mass is 19.1. The fourth-order valence-electron chi connectivity index (χ4n) is 1.82. The molecule has 0 aliphatic heterocycles. The number of hydrogen-bond acceptors (Lipinski definition) is 2. The molecule has 100 valence electrons. The van der Waals surface area contributed by atoms with Gasteiger partial charge in [0, 0.05) is 0 Å². The van der Waals surface area contributed by atoms with Crippen LogP contribution in [0.25, 0.3) is 0 Å². The molecule has 0 aliphatic rings. The van der Waals surface area contributed by atoms with Crippen LogP contribution in [-0.2, 0) is 0 Å². The minimum atomic E-state index is -0.468. The monoisotopic (exact) mass is 260 g/mol. The third kappa shape index (κ3) is 3.12. The average molecular weight is 260 g/mol. The number of aliphatic hydroxyl groups excluding tert-OH is 1. The second kappa shape index (κ2) is 5.85. The standard InChI is InChI=1S/C16H17FO2/c1-3-14(18)12-7-9-13(10-8-12)19-15-6-4-5-11(2)16(15)17/h4-10,14,18H,3H2,1-2H3/t14-/m1/s1. The Morgan fingerprint density at radius 2 is 1.84 bits per heavy atom. The first kappa shape index (κ1) is 13.6. The lowest BCUT2D eigenvalue weighted by Gasteiger charge is -2.11. The molecule has 0 spiro atoms. The molecule has 1 N–H and O–H groups in total. The van der Waals surface area contributed by atoms with Gasteiger partial charge in [-0.25, -0.2) is 4.39 Å². The molecule has 19 heavy (non-hydrogen) atoms. The highest BCUT2D eigenvalue weighted by Gasteiger charge is 2.08. The molecule has 0 aromatic heterocycles. The van der Waals surface area contributed by atoms with Crippen molar-refractivity contribution in [3.8, 4) is 11.5 Å². The quantitative estimate of drug-likeness (QED) is 0.884. The van der Waals surface area contributed by atoms with E-state index in [1.54, 1.807) is 49.4 Å². The lowest BCUT2D eigenvalue weighted by atomic mass is 10.1. The van der Waals surface area contributed by atoms with Crippen LogP contribution >= 0.6 is 0 Å². The van der Waals surface area contributed by atoms with E-state index in [9.17, 15) is 9.50 Å². The molecular formula is C16H17FO2. The van der Waals surface area contributed by atoms with Crippen molar-refractivity contribution in [2.24, 2.45) is 0 Å². The van der Waals surface area contributed by atoms with Crippen molar-refractivity contribution in [2.45, 2.75) is 26.4 Å². The van der Waals surface area contributed by atoms with Crippen LogP contribution < -0.4 is 4.74 Å². The molecule has 0 heterocycles. The zero-order valence-corrected chi connectivity index (χ0v) is 11.1. The third-order valence-corrected chi connectivity index (χ3v) is 3.04. The first-order valence-electron chi connectivity index (χ1n) is 6.32. The Morgan fingerprint density at radius 3 is 2.47 bits per heavy atom. The summed E-state index contributed by atoms with van der Waals surface area (Å²) in [7, 11) is 0. The fourth-order valence-corrected chi connectivity index (χ4v) is 1.82. The van der Waals surface area contributed by atoms with Gasteiger partial charge < -0.3 is 9.84 Å². The van der Waals surface area contributed by atoms with Gasteiger partial charge in [0.1, 0.15) is 5.75 Å². The SMILES string of the molecule is CC[C@@H](O)c1ccc(Oc2cccc(C)c2F)cc1. The zero-order chi connectivity index (χ0) is 13.8. The number of aliphatic hydroxyl groups is 1. The summed E-state index contributed by atoms with van der Waals surface area (Å²) >= 11 is 0. The van der Waals surface area contributed by atoms with Gasteiger partial charge in [0.05, 0.1) is 6.10 Å². The van der Waals surface area contributed by atoms with Gasteiger partial charge in [0.15, 0.2) is 11.6 Å². The summed E-state index contributed by atoms with van der Waals surface area (Å²) in [4.78, 5) is 0. The zero-order valence-electron chi connectivity index (χ0n) is 11.1. The van der Waals surface area contributed by atoms with Crippen LogP contribution in [0, 0.1) is 12.7 Å². The van der Waals surface area contributed by atoms with Crippen LogP contribution in [0.2, 0.25) is 0 Å². The Bertz CT molecular complexity index is 549. The van der Waals surface area contributed by atoms with Crippen molar-refractivity contribution in [1.29, 1.82) is 0 Å². The Labute approximate surface area is 112 Å². The van der Waals surface area contributed by atoms with Gasteiger partial charge in [-0.3, -0.25) is 0 Å². The molecule has 3 heteroatoms. The normalized spacial score (nSPS) is 12.2. The van der Waals surface area contributed by atoms with E-state index >= 15 is 0 Å². The minimum Gasteiger partial charge on any atom is -0.454 e. The molecule has 0 saturated carbocycles. The molecular weight excluding hydrogens is 243 g/mol. The molecule has 0 fully saturated rings. The average Bonchev–Trinajstić information content (AvgIpc) is 2.44. The summed E-state index contributed by atoms with van der Waals surface area (Å²) in [6, 6.07) is 12.1. The third-order valence-electron chi connectivity index (χ3n) is 3.04. The van der Waals surface area contributed by atoms with Gasteiger partial charge in [0.2, 0.25) is 0 Å². The summed E-state index contributed by atoms with van der Waals surface area (Å²) in [6.45, 7) is 3.61. The molecule has 0 aliphatic carbocycles. The largest absolute Gasteiger partial charge is 0.454 e. The number of benzene rings is 2. The van der Waals surface area contributed by atoms with Gasteiger partial charge in [0.25, 0.3) is 0 Å². The molecule has 0 bridgehead atoms.